The van der Waals surface area contributed by atoms with Gasteiger partial charge in [-0.25, -0.2) is 0 Å². The first-order valence-corrected chi connectivity index (χ1v) is 4.17. The van der Waals surface area contributed by atoms with Gasteiger partial charge in [0.25, 0.3) is 0 Å². The molecule has 1 aliphatic heterocycles. The maximum Gasteiger partial charge on any atom is 0.169 e. The Morgan fingerprint density at radius 3 is 2.55 bits per heavy atom. The summed E-state index contributed by atoms with van der Waals surface area (Å²) in [7, 11) is 0. The maximum absolute atomic E-state index is 5.12. The fourth-order valence-electron chi connectivity index (χ4n) is 1.14. The molecule has 0 saturated carbocycles. The third-order valence-corrected chi connectivity index (χ3v) is 2.12. The van der Waals surface area contributed by atoms with Crippen molar-refractivity contribution in [2.24, 2.45) is 0 Å². The Balaban J connectivity index is 0.000001000. The predicted molar refractivity (Wildman–Crippen MR) is 47.1 cm³/mol. The van der Waals surface area contributed by atoms with E-state index >= 15 is 0 Å². The number of nitrogens with zero attached hydrogens (tertiary/aromatic N) is 1. The number of nitrogens with one attached hydrogen (secondary N) is 1. The van der Waals surface area contributed by atoms with Gasteiger partial charge in [-0.3, -0.25) is 0 Å². The minimum Gasteiger partial charge on any atom is -0.362 e. The van der Waals surface area contributed by atoms with E-state index in [2.05, 4.69) is 24.1 Å². The van der Waals surface area contributed by atoms with E-state index in [0.29, 0.717) is 6.04 Å². The van der Waals surface area contributed by atoms with Crippen LogP contribution in [0.4, 0.5) is 0 Å². The summed E-state index contributed by atoms with van der Waals surface area (Å²) in [5, 5.41) is 4.09. The molecule has 4 heteroatoms. The molecule has 0 radical (unpaired) electrons. The molecule has 1 rings (SSSR count). The van der Waals surface area contributed by atoms with Crippen molar-refractivity contribution < 1.29 is 21.1 Å². The zero-order valence-corrected chi connectivity index (χ0v) is 9.96. The third kappa shape index (κ3) is 3.08. The van der Waals surface area contributed by atoms with Crippen LogP contribution < -0.4 is 5.32 Å². The van der Waals surface area contributed by atoms with Crippen LogP contribution in [0, 0.1) is 0 Å². The van der Waals surface area contributed by atoms with Crippen LogP contribution in [0.3, 0.4) is 0 Å². The SMILES string of the molecule is CC(C)N1CCCNC1=S.[Pt]. The maximum atomic E-state index is 5.12. The second kappa shape index (κ2) is 5.10. The van der Waals surface area contributed by atoms with E-state index in [-0.39, 0.29) is 21.1 Å². The second-order valence-corrected chi connectivity index (χ2v) is 3.26. The molecule has 0 aromatic heterocycles. The van der Waals surface area contributed by atoms with E-state index in [9.17, 15) is 0 Å². The van der Waals surface area contributed by atoms with Crippen LogP contribution in [-0.2, 0) is 21.1 Å². The van der Waals surface area contributed by atoms with Gasteiger partial charge in [0.1, 0.15) is 0 Å². The van der Waals surface area contributed by atoms with E-state index in [0.717, 1.165) is 18.2 Å². The Labute approximate surface area is 88.0 Å². The molecule has 68 valence electrons. The van der Waals surface area contributed by atoms with Crippen molar-refractivity contribution in [3.8, 4) is 0 Å². The monoisotopic (exact) mass is 353 g/mol. The molecule has 0 aromatic carbocycles. The van der Waals surface area contributed by atoms with Crippen LogP contribution in [0.25, 0.3) is 0 Å². The summed E-state index contributed by atoms with van der Waals surface area (Å²) in [5.41, 5.74) is 0. The van der Waals surface area contributed by atoms with Gasteiger partial charge in [0.2, 0.25) is 0 Å². The minimum atomic E-state index is 0. The minimum absolute atomic E-state index is 0. The second-order valence-electron chi connectivity index (χ2n) is 2.87. The summed E-state index contributed by atoms with van der Waals surface area (Å²) in [6, 6.07) is 0.542. The fraction of sp³-hybridized carbons (Fsp3) is 0.857. The molecule has 0 aromatic rings. The number of hydrogen-bond donors (Lipinski definition) is 1. The van der Waals surface area contributed by atoms with Crippen LogP contribution >= 0.6 is 12.2 Å². The van der Waals surface area contributed by atoms with Crippen LogP contribution in [-0.4, -0.2) is 29.1 Å². The normalized spacial score (nSPS) is 17.7. The molecule has 0 amide bonds. The standard InChI is InChI=1S/C7H14N2S.Pt/c1-6(2)9-5-3-4-8-7(9)10;/h6H,3-5H2,1-2H3,(H,8,10);. The molecule has 1 N–H and O–H groups in total. The molecule has 1 aliphatic rings. The van der Waals surface area contributed by atoms with Crippen molar-refractivity contribution >= 4 is 17.3 Å². The molecular weight excluding hydrogens is 339 g/mol. The van der Waals surface area contributed by atoms with Crippen LogP contribution in [0.15, 0.2) is 0 Å². The average Bonchev–Trinajstić information content (AvgIpc) is 1.88. The average molecular weight is 353 g/mol. The third-order valence-electron chi connectivity index (χ3n) is 1.74. The van der Waals surface area contributed by atoms with Gasteiger partial charge in [-0.2, -0.15) is 0 Å². The van der Waals surface area contributed by atoms with Crippen molar-refractivity contribution in [1.82, 2.24) is 10.2 Å². The Bertz CT molecular complexity index is 138. The molecule has 2 nitrogen and oxygen atoms in total. The number of hydrogen-bond acceptors (Lipinski definition) is 1. The Morgan fingerprint density at radius 1 is 1.55 bits per heavy atom. The van der Waals surface area contributed by atoms with Crippen molar-refractivity contribution in [3.63, 3.8) is 0 Å². The van der Waals surface area contributed by atoms with Gasteiger partial charge in [0.15, 0.2) is 5.11 Å². The molecule has 0 bridgehead atoms. The van der Waals surface area contributed by atoms with Crippen molar-refractivity contribution in [1.29, 1.82) is 0 Å². The van der Waals surface area contributed by atoms with Crippen LogP contribution in [0.5, 0.6) is 0 Å². The fourth-order valence-corrected chi connectivity index (χ4v) is 1.54. The molecular formula is C7H14N2PtS. The van der Waals surface area contributed by atoms with E-state index in [1.165, 1.54) is 6.42 Å². The van der Waals surface area contributed by atoms with Gasteiger partial charge in [-0.15, -0.1) is 0 Å². The Kier molecular flexibility index (Phi) is 5.28. The van der Waals surface area contributed by atoms with Crippen LogP contribution in [0.2, 0.25) is 0 Å². The molecule has 0 atom stereocenters. The molecule has 0 unspecified atom stereocenters. The smallest absolute Gasteiger partial charge is 0.169 e. The van der Waals surface area contributed by atoms with Gasteiger partial charge in [-0.1, -0.05) is 0 Å². The van der Waals surface area contributed by atoms with Gasteiger partial charge < -0.3 is 10.2 Å². The van der Waals surface area contributed by atoms with Gasteiger partial charge in [0, 0.05) is 40.2 Å². The van der Waals surface area contributed by atoms with Crippen LogP contribution in [0.1, 0.15) is 20.3 Å². The first-order valence-electron chi connectivity index (χ1n) is 3.76. The zero-order chi connectivity index (χ0) is 7.56. The Morgan fingerprint density at radius 2 is 2.18 bits per heavy atom. The van der Waals surface area contributed by atoms with E-state index in [1.54, 1.807) is 0 Å². The number of rotatable bonds is 1. The van der Waals surface area contributed by atoms with Gasteiger partial charge in [-0.05, 0) is 32.5 Å². The predicted octanol–water partition coefficient (Wildman–Crippen LogP) is 0.973. The summed E-state index contributed by atoms with van der Waals surface area (Å²) < 4.78 is 0. The first kappa shape index (κ1) is 11.4. The molecule has 1 saturated heterocycles. The summed E-state index contributed by atoms with van der Waals surface area (Å²) in [5.74, 6) is 0. The molecule has 11 heavy (non-hydrogen) atoms. The van der Waals surface area contributed by atoms with E-state index < -0.39 is 0 Å². The topological polar surface area (TPSA) is 15.3 Å². The summed E-state index contributed by atoms with van der Waals surface area (Å²) in [6.07, 6.45) is 1.21. The van der Waals surface area contributed by atoms with Crippen molar-refractivity contribution in [2.75, 3.05) is 13.1 Å². The quantitative estimate of drug-likeness (QED) is 0.708. The van der Waals surface area contributed by atoms with Crippen molar-refractivity contribution in [2.45, 2.75) is 26.3 Å². The van der Waals surface area contributed by atoms with E-state index in [4.69, 9.17) is 12.2 Å². The largest absolute Gasteiger partial charge is 0.362 e. The van der Waals surface area contributed by atoms with Crippen molar-refractivity contribution in [3.05, 3.63) is 0 Å². The molecule has 1 heterocycles. The van der Waals surface area contributed by atoms with Gasteiger partial charge >= 0.3 is 0 Å². The van der Waals surface area contributed by atoms with E-state index in [1.807, 2.05) is 0 Å². The number of thiocarbonyl (C=S) groups is 1. The van der Waals surface area contributed by atoms with Gasteiger partial charge in [0.05, 0.1) is 0 Å². The molecule has 0 spiro atoms. The zero-order valence-electron chi connectivity index (χ0n) is 6.87. The summed E-state index contributed by atoms with van der Waals surface area (Å²) in [4.78, 5) is 2.22. The molecule has 1 fully saturated rings. The Hall–Kier alpha value is 0.378. The molecule has 0 aliphatic carbocycles. The first-order chi connectivity index (χ1) is 4.72. The summed E-state index contributed by atoms with van der Waals surface area (Å²) >= 11 is 5.12. The summed E-state index contributed by atoms with van der Waals surface area (Å²) in [6.45, 7) is 6.49.